The first-order valence-corrected chi connectivity index (χ1v) is 5.94. The van der Waals surface area contributed by atoms with Crippen LogP contribution < -0.4 is 5.73 Å². The molecule has 0 aromatic heterocycles. The lowest BCUT2D eigenvalue weighted by atomic mass is 9.91. The van der Waals surface area contributed by atoms with Gasteiger partial charge in [-0.05, 0) is 25.7 Å². The van der Waals surface area contributed by atoms with Crippen molar-refractivity contribution in [1.29, 1.82) is 0 Å². The van der Waals surface area contributed by atoms with Gasteiger partial charge in [0.15, 0.2) is 0 Å². The van der Waals surface area contributed by atoms with Gasteiger partial charge in [-0.3, -0.25) is 4.90 Å². The molecule has 0 unspecified atom stereocenters. The zero-order valence-corrected chi connectivity index (χ0v) is 9.25. The third-order valence-electron chi connectivity index (χ3n) is 3.77. The van der Waals surface area contributed by atoms with Crippen molar-refractivity contribution in [3.63, 3.8) is 0 Å². The molecular formula is C11H21FN2O. The molecule has 2 heterocycles. The first-order valence-electron chi connectivity index (χ1n) is 5.94. The lowest BCUT2D eigenvalue weighted by Gasteiger charge is -2.41. The maximum absolute atomic E-state index is 13.9. The van der Waals surface area contributed by atoms with Gasteiger partial charge in [-0.2, -0.15) is 0 Å². The molecule has 2 aliphatic heterocycles. The van der Waals surface area contributed by atoms with E-state index in [9.17, 15) is 4.39 Å². The molecule has 0 spiro atoms. The molecule has 3 nitrogen and oxygen atoms in total. The van der Waals surface area contributed by atoms with Crippen LogP contribution in [-0.2, 0) is 4.74 Å². The van der Waals surface area contributed by atoms with Crippen LogP contribution in [0.1, 0.15) is 25.7 Å². The minimum Gasteiger partial charge on any atom is -0.381 e. The van der Waals surface area contributed by atoms with Gasteiger partial charge in [0.25, 0.3) is 0 Å². The predicted molar refractivity (Wildman–Crippen MR) is 57.5 cm³/mol. The largest absolute Gasteiger partial charge is 0.381 e. The molecule has 15 heavy (non-hydrogen) atoms. The minimum atomic E-state index is -1.10. The average molecular weight is 216 g/mol. The molecule has 2 saturated heterocycles. The Hall–Kier alpha value is -0.190. The first kappa shape index (κ1) is 11.3. The molecule has 2 rings (SSSR count). The number of hydrogen-bond donors (Lipinski definition) is 1. The summed E-state index contributed by atoms with van der Waals surface area (Å²) >= 11 is 0. The summed E-state index contributed by atoms with van der Waals surface area (Å²) in [5, 5.41) is 0. The van der Waals surface area contributed by atoms with Crippen LogP contribution in [0.25, 0.3) is 0 Å². The topological polar surface area (TPSA) is 38.5 Å². The molecule has 0 amide bonds. The summed E-state index contributed by atoms with van der Waals surface area (Å²) in [6.45, 7) is 3.61. The third-order valence-corrected chi connectivity index (χ3v) is 3.77. The molecule has 0 bridgehead atoms. The van der Waals surface area contributed by atoms with Gasteiger partial charge in [-0.15, -0.1) is 0 Å². The summed E-state index contributed by atoms with van der Waals surface area (Å²) in [5.74, 6) is 0. The van der Waals surface area contributed by atoms with Gasteiger partial charge in [0.2, 0.25) is 0 Å². The van der Waals surface area contributed by atoms with Crippen molar-refractivity contribution in [1.82, 2.24) is 4.90 Å². The summed E-state index contributed by atoms with van der Waals surface area (Å²) in [4.78, 5) is 2.41. The van der Waals surface area contributed by atoms with Crippen LogP contribution in [-0.4, -0.2) is 49.5 Å². The Balaban J connectivity index is 1.82. The zero-order valence-electron chi connectivity index (χ0n) is 9.25. The fourth-order valence-electron chi connectivity index (χ4n) is 2.54. The van der Waals surface area contributed by atoms with E-state index >= 15 is 0 Å². The quantitative estimate of drug-likeness (QED) is 0.746. The van der Waals surface area contributed by atoms with Crippen molar-refractivity contribution in [2.45, 2.75) is 37.4 Å². The van der Waals surface area contributed by atoms with E-state index in [1.165, 1.54) is 0 Å². The fourth-order valence-corrected chi connectivity index (χ4v) is 2.54. The second-order valence-electron chi connectivity index (χ2n) is 4.73. The number of rotatable bonds is 2. The summed E-state index contributed by atoms with van der Waals surface area (Å²) < 4.78 is 19.2. The van der Waals surface area contributed by atoms with Gasteiger partial charge in [-0.1, -0.05) is 0 Å². The Labute approximate surface area is 90.8 Å². The predicted octanol–water partition coefficient (Wildman–Crippen LogP) is 0.928. The number of nitrogens with two attached hydrogens (primary N) is 1. The van der Waals surface area contributed by atoms with Gasteiger partial charge < -0.3 is 10.5 Å². The summed E-state index contributed by atoms with van der Waals surface area (Å²) in [5.41, 5.74) is 4.35. The van der Waals surface area contributed by atoms with Crippen LogP contribution in [0, 0.1) is 0 Å². The molecule has 0 aliphatic carbocycles. The van der Waals surface area contributed by atoms with Crippen LogP contribution in [0.15, 0.2) is 0 Å². The van der Waals surface area contributed by atoms with E-state index in [2.05, 4.69) is 4.90 Å². The van der Waals surface area contributed by atoms with E-state index < -0.39 is 5.67 Å². The molecule has 0 saturated carbocycles. The van der Waals surface area contributed by atoms with Crippen LogP contribution in [0.4, 0.5) is 4.39 Å². The van der Waals surface area contributed by atoms with Crippen molar-refractivity contribution in [3.8, 4) is 0 Å². The van der Waals surface area contributed by atoms with Crippen molar-refractivity contribution >= 4 is 0 Å². The minimum absolute atomic E-state index is 0.175. The number of hydrogen-bond acceptors (Lipinski definition) is 3. The molecule has 2 fully saturated rings. The number of alkyl halides is 1. The number of halogens is 1. The van der Waals surface area contributed by atoms with Crippen LogP contribution in [0.3, 0.4) is 0 Å². The summed E-state index contributed by atoms with van der Waals surface area (Å²) in [7, 11) is 0. The van der Waals surface area contributed by atoms with Gasteiger partial charge in [0, 0.05) is 38.9 Å². The third kappa shape index (κ3) is 2.68. The van der Waals surface area contributed by atoms with Gasteiger partial charge in [0.1, 0.15) is 5.67 Å². The summed E-state index contributed by atoms with van der Waals surface area (Å²) in [6, 6.07) is 0.612. The molecular weight excluding hydrogens is 195 g/mol. The van der Waals surface area contributed by atoms with Crippen LogP contribution in [0.5, 0.6) is 0 Å². The van der Waals surface area contributed by atoms with Crippen LogP contribution >= 0.6 is 0 Å². The molecule has 0 atom stereocenters. The maximum atomic E-state index is 13.9. The highest BCUT2D eigenvalue weighted by molar-refractivity contribution is 4.89. The summed E-state index contributed by atoms with van der Waals surface area (Å²) in [6.07, 6.45) is 3.39. The smallest absolute Gasteiger partial charge is 0.125 e. The molecule has 88 valence electrons. The molecule has 2 N–H and O–H groups in total. The SMILES string of the molecule is NCC1(F)CCN(C2CCOCC2)CC1. The van der Waals surface area contributed by atoms with Crippen molar-refractivity contribution in [2.75, 3.05) is 32.8 Å². The molecule has 0 aromatic carbocycles. The molecule has 2 aliphatic rings. The van der Waals surface area contributed by atoms with Gasteiger partial charge >= 0.3 is 0 Å². The lowest BCUT2D eigenvalue weighted by Crippen LogP contribution is -2.50. The molecule has 4 heteroatoms. The van der Waals surface area contributed by atoms with E-state index in [1.807, 2.05) is 0 Å². The van der Waals surface area contributed by atoms with E-state index in [0.29, 0.717) is 18.9 Å². The van der Waals surface area contributed by atoms with E-state index in [0.717, 1.165) is 39.1 Å². The van der Waals surface area contributed by atoms with E-state index in [4.69, 9.17) is 10.5 Å². The highest BCUT2D eigenvalue weighted by atomic mass is 19.1. The standard InChI is InChI=1S/C11H21FN2O/c12-11(9-13)3-5-14(6-4-11)10-1-7-15-8-2-10/h10H,1-9,13H2. The number of piperidine rings is 1. The Morgan fingerprint density at radius 2 is 1.87 bits per heavy atom. The normalized spacial score (nSPS) is 29.2. The first-order chi connectivity index (χ1) is 7.23. The zero-order chi connectivity index (χ0) is 10.7. The maximum Gasteiger partial charge on any atom is 0.125 e. The highest BCUT2D eigenvalue weighted by Crippen LogP contribution is 2.28. The Kier molecular flexibility index (Phi) is 3.59. The molecule has 0 radical (unpaired) electrons. The van der Waals surface area contributed by atoms with E-state index in [-0.39, 0.29) is 6.54 Å². The van der Waals surface area contributed by atoms with Gasteiger partial charge in [-0.25, -0.2) is 4.39 Å². The van der Waals surface area contributed by atoms with Crippen molar-refractivity contribution in [2.24, 2.45) is 5.73 Å². The van der Waals surface area contributed by atoms with E-state index in [1.54, 1.807) is 0 Å². The van der Waals surface area contributed by atoms with Crippen molar-refractivity contribution in [3.05, 3.63) is 0 Å². The van der Waals surface area contributed by atoms with Crippen molar-refractivity contribution < 1.29 is 9.13 Å². The number of likely N-dealkylation sites (tertiary alicyclic amines) is 1. The highest BCUT2D eigenvalue weighted by Gasteiger charge is 2.35. The Morgan fingerprint density at radius 1 is 1.27 bits per heavy atom. The van der Waals surface area contributed by atoms with Crippen LogP contribution in [0.2, 0.25) is 0 Å². The average Bonchev–Trinajstić information content (AvgIpc) is 2.31. The Morgan fingerprint density at radius 3 is 2.40 bits per heavy atom. The second kappa shape index (κ2) is 4.76. The fraction of sp³-hybridized carbons (Fsp3) is 1.00. The molecule has 0 aromatic rings. The second-order valence-corrected chi connectivity index (χ2v) is 4.73. The van der Waals surface area contributed by atoms with Gasteiger partial charge in [0.05, 0.1) is 0 Å². The lowest BCUT2D eigenvalue weighted by molar-refractivity contribution is -0.00287. The Bertz CT molecular complexity index is 199. The number of nitrogens with zero attached hydrogens (tertiary/aromatic N) is 1. The number of ether oxygens (including phenoxy) is 1. The monoisotopic (exact) mass is 216 g/mol.